The first-order valence-corrected chi connectivity index (χ1v) is 14.6. The van der Waals surface area contributed by atoms with Crippen LogP contribution >= 0.6 is 0 Å². The van der Waals surface area contributed by atoms with Crippen LogP contribution in [0.25, 0.3) is 11.1 Å². The van der Waals surface area contributed by atoms with Gasteiger partial charge in [-0.25, -0.2) is 9.78 Å². The second-order valence-electron chi connectivity index (χ2n) is 11.0. The summed E-state index contributed by atoms with van der Waals surface area (Å²) >= 11 is 0. The van der Waals surface area contributed by atoms with E-state index < -0.39 is 23.8 Å². The van der Waals surface area contributed by atoms with E-state index in [1.807, 2.05) is 25.1 Å². The van der Waals surface area contributed by atoms with E-state index in [0.29, 0.717) is 41.9 Å². The highest BCUT2D eigenvalue weighted by molar-refractivity contribution is 6.10. The predicted molar refractivity (Wildman–Crippen MR) is 162 cm³/mol. The van der Waals surface area contributed by atoms with Crippen LogP contribution in [0.4, 0.5) is 24.7 Å². The lowest BCUT2D eigenvalue weighted by molar-refractivity contribution is -0.147. The fourth-order valence-corrected chi connectivity index (χ4v) is 5.37. The normalized spacial score (nSPS) is 14.6. The van der Waals surface area contributed by atoms with Gasteiger partial charge in [0, 0.05) is 32.1 Å². The molecule has 1 N–H and O–H groups in total. The summed E-state index contributed by atoms with van der Waals surface area (Å²) in [6, 6.07) is 13.0. The number of nitrogens with zero attached hydrogens (tertiary/aromatic N) is 3. The second-order valence-corrected chi connectivity index (χ2v) is 11.0. The van der Waals surface area contributed by atoms with Gasteiger partial charge in [0.2, 0.25) is 5.91 Å². The zero-order chi connectivity index (χ0) is 32.0. The summed E-state index contributed by atoms with van der Waals surface area (Å²) in [5.41, 5.74) is 2.07. The standard InChI is InChI=1S/C33H37F3N4O4/c1-5-44-32(43)22(3)38-29(41)19-23-15-17-40(18-16-23)28-14-13-26(20-37-28)39(4)31(42)27-8-6-7-21(2)30(27)24-9-11-25(12-10-24)33(34,35)36/h6-14,20,22-23H,5,15-19H2,1-4H3,(H,38,41)/t22-/m0/s1. The number of rotatable bonds is 9. The first-order chi connectivity index (χ1) is 20.9. The largest absolute Gasteiger partial charge is 0.464 e. The first-order valence-electron chi connectivity index (χ1n) is 14.6. The molecule has 2 aromatic carbocycles. The minimum absolute atomic E-state index is 0.172. The van der Waals surface area contributed by atoms with Gasteiger partial charge < -0.3 is 19.9 Å². The minimum atomic E-state index is -4.44. The van der Waals surface area contributed by atoms with Crippen LogP contribution in [0.5, 0.6) is 0 Å². The van der Waals surface area contributed by atoms with Crippen LogP contribution in [0.1, 0.15) is 54.6 Å². The first kappa shape index (κ1) is 32.5. The van der Waals surface area contributed by atoms with Crippen molar-refractivity contribution in [2.75, 3.05) is 36.5 Å². The van der Waals surface area contributed by atoms with Gasteiger partial charge in [0.1, 0.15) is 11.9 Å². The van der Waals surface area contributed by atoms with Gasteiger partial charge in [-0.05, 0) is 86.6 Å². The fourth-order valence-electron chi connectivity index (χ4n) is 5.37. The molecule has 0 unspecified atom stereocenters. The fraction of sp³-hybridized carbons (Fsp3) is 0.394. The number of alkyl halides is 3. The third-order valence-corrected chi connectivity index (χ3v) is 7.86. The summed E-state index contributed by atoms with van der Waals surface area (Å²) in [4.78, 5) is 46.0. The van der Waals surface area contributed by atoms with E-state index >= 15 is 0 Å². The Hall–Kier alpha value is -4.41. The summed E-state index contributed by atoms with van der Waals surface area (Å²) in [5.74, 6) is 0.0195. The van der Waals surface area contributed by atoms with Gasteiger partial charge in [-0.1, -0.05) is 24.3 Å². The number of ether oxygens (including phenoxy) is 1. The molecular weight excluding hydrogens is 573 g/mol. The van der Waals surface area contributed by atoms with E-state index in [1.54, 1.807) is 39.2 Å². The number of aryl methyl sites for hydroxylation is 1. The molecule has 234 valence electrons. The molecular formula is C33H37F3N4O4. The molecule has 0 bridgehead atoms. The number of hydrogen-bond donors (Lipinski definition) is 1. The summed E-state index contributed by atoms with van der Waals surface area (Å²) in [7, 11) is 1.64. The Kier molecular flexibility index (Phi) is 10.3. The van der Waals surface area contributed by atoms with E-state index in [-0.39, 0.29) is 24.3 Å². The average Bonchev–Trinajstić information content (AvgIpc) is 3.00. The van der Waals surface area contributed by atoms with Crippen molar-refractivity contribution in [1.82, 2.24) is 10.3 Å². The zero-order valence-corrected chi connectivity index (χ0v) is 25.3. The average molecular weight is 611 g/mol. The Labute approximate surface area is 255 Å². The molecule has 1 aromatic heterocycles. The molecule has 44 heavy (non-hydrogen) atoms. The van der Waals surface area contributed by atoms with E-state index in [1.165, 1.54) is 17.0 Å². The highest BCUT2D eigenvalue weighted by Crippen LogP contribution is 2.34. The molecule has 2 amide bonds. The maximum Gasteiger partial charge on any atom is 0.416 e. The molecule has 1 atom stereocenters. The molecule has 3 aromatic rings. The van der Waals surface area contributed by atoms with Gasteiger partial charge in [0.15, 0.2) is 0 Å². The van der Waals surface area contributed by atoms with Gasteiger partial charge in [0.25, 0.3) is 5.91 Å². The van der Waals surface area contributed by atoms with Gasteiger partial charge in [-0.3, -0.25) is 9.59 Å². The highest BCUT2D eigenvalue weighted by atomic mass is 19.4. The van der Waals surface area contributed by atoms with Gasteiger partial charge in [-0.2, -0.15) is 13.2 Å². The van der Waals surface area contributed by atoms with Crippen LogP contribution in [0.2, 0.25) is 0 Å². The number of carbonyl (C=O) groups excluding carboxylic acids is 3. The van der Waals surface area contributed by atoms with Crippen molar-refractivity contribution in [2.24, 2.45) is 5.92 Å². The van der Waals surface area contributed by atoms with Crippen LogP contribution in [-0.4, -0.2) is 55.6 Å². The zero-order valence-electron chi connectivity index (χ0n) is 25.3. The summed E-state index contributed by atoms with van der Waals surface area (Å²) in [6.45, 7) is 6.84. The van der Waals surface area contributed by atoms with Crippen LogP contribution < -0.4 is 15.1 Å². The molecule has 8 nitrogen and oxygen atoms in total. The molecule has 1 aliphatic heterocycles. The Bertz CT molecular complexity index is 1470. The minimum Gasteiger partial charge on any atom is -0.464 e. The number of aromatic nitrogens is 1. The van der Waals surface area contributed by atoms with Gasteiger partial charge in [-0.15, -0.1) is 0 Å². The topological polar surface area (TPSA) is 91.8 Å². The SMILES string of the molecule is CCOC(=O)[C@H](C)NC(=O)CC1CCN(c2ccc(N(C)C(=O)c3cccc(C)c3-c3ccc(C(F)(F)F)cc3)cn2)CC1. The molecule has 0 radical (unpaired) electrons. The molecule has 0 aliphatic carbocycles. The maximum absolute atomic E-state index is 13.6. The number of pyridine rings is 1. The van der Waals surface area contributed by atoms with Crippen molar-refractivity contribution in [3.8, 4) is 11.1 Å². The van der Waals surface area contributed by atoms with Crippen LogP contribution in [0, 0.1) is 12.8 Å². The number of carbonyl (C=O) groups is 3. The number of nitrogens with one attached hydrogen (secondary N) is 1. The number of piperidine rings is 1. The predicted octanol–water partition coefficient (Wildman–Crippen LogP) is 6.03. The number of amides is 2. The van der Waals surface area contributed by atoms with Crippen molar-refractivity contribution in [1.29, 1.82) is 0 Å². The third kappa shape index (κ3) is 7.75. The molecule has 1 fully saturated rings. The molecule has 4 rings (SSSR count). The van der Waals surface area contributed by atoms with Crippen molar-refractivity contribution in [3.63, 3.8) is 0 Å². The molecule has 1 aliphatic rings. The molecule has 2 heterocycles. The Morgan fingerprint density at radius 1 is 1.07 bits per heavy atom. The second kappa shape index (κ2) is 13.9. The van der Waals surface area contributed by atoms with Crippen LogP contribution in [-0.2, 0) is 20.5 Å². The molecule has 0 saturated carbocycles. The van der Waals surface area contributed by atoms with E-state index in [0.717, 1.165) is 36.4 Å². The Morgan fingerprint density at radius 2 is 1.75 bits per heavy atom. The van der Waals surface area contributed by atoms with Gasteiger partial charge in [0.05, 0.1) is 24.1 Å². The van der Waals surface area contributed by atoms with Crippen LogP contribution in [0.15, 0.2) is 60.8 Å². The number of benzene rings is 2. The third-order valence-electron chi connectivity index (χ3n) is 7.86. The van der Waals surface area contributed by atoms with Crippen LogP contribution in [0.3, 0.4) is 0 Å². The lowest BCUT2D eigenvalue weighted by atomic mass is 9.93. The summed E-state index contributed by atoms with van der Waals surface area (Å²) in [5, 5.41) is 2.70. The van der Waals surface area contributed by atoms with Crippen molar-refractivity contribution in [3.05, 3.63) is 77.5 Å². The maximum atomic E-state index is 13.6. The summed E-state index contributed by atoms with van der Waals surface area (Å²) < 4.78 is 44.2. The molecule has 0 spiro atoms. The smallest absolute Gasteiger partial charge is 0.416 e. The van der Waals surface area contributed by atoms with Gasteiger partial charge >= 0.3 is 12.1 Å². The van der Waals surface area contributed by atoms with Crippen molar-refractivity contribution in [2.45, 2.75) is 52.3 Å². The Balaban J connectivity index is 1.38. The monoisotopic (exact) mass is 610 g/mol. The number of anilines is 2. The van der Waals surface area contributed by atoms with Crippen molar-refractivity contribution >= 4 is 29.3 Å². The Morgan fingerprint density at radius 3 is 2.34 bits per heavy atom. The highest BCUT2D eigenvalue weighted by Gasteiger charge is 2.30. The van der Waals surface area contributed by atoms with E-state index in [9.17, 15) is 27.6 Å². The number of esters is 1. The van der Waals surface area contributed by atoms with Crippen molar-refractivity contribution < 1.29 is 32.3 Å². The number of hydrogen-bond acceptors (Lipinski definition) is 6. The van der Waals surface area contributed by atoms with E-state index in [2.05, 4.69) is 15.2 Å². The molecule has 11 heteroatoms. The van der Waals surface area contributed by atoms with E-state index in [4.69, 9.17) is 4.74 Å². The lowest BCUT2D eigenvalue weighted by Gasteiger charge is -2.33. The quantitative estimate of drug-likeness (QED) is 0.298. The lowest BCUT2D eigenvalue weighted by Crippen LogP contribution is -2.41. The summed E-state index contributed by atoms with van der Waals surface area (Å²) in [6.07, 6.45) is -0.895. The molecule has 1 saturated heterocycles. The number of halogens is 3.